The molecule has 0 N–H and O–H groups in total. The van der Waals surface area contributed by atoms with Crippen molar-refractivity contribution >= 4 is 28.1 Å². The molecule has 3 rings (SSSR count). The van der Waals surface area contributed by atoms with Gasteiger partial charge in [0.05, 0.1) is 17.6 Å². The Morgan fingerprint density at radius 1 is 1.24 bits per heavy atom. The monoisotopic (exact) mass is 296 g/mol. The third-order valence-electron chi connectivity index (χ3n) is 3.56. The molecule has 0 fully saturated rings. The first-order valence-corrected chi connectivity index (χ1v) is 7.67. The van der Waals surface area contributed by atoms with E-state index in [0.717, 1.165) is 10.9 Å². The van der Waals surface area contributed by atoms with Crippen LogP contribution in [-0.4, -0.2) is 22.8 Å². The highest BCUT2D eigenvalue weighted by Crippen LogP contribution is 2.21. The van der Waals surface area contributed by atoms with E-state index in [0.29, 0.717) is 12.1 Å². The van der Waals surface area contributed by atoms with Crippen LogP contribution in [0.15, 0.2) is 48.0 Å². The van der Waals surface area contributed by atoms with Gasteiger partial charge in [-0.05, 0) is 36.1 Å². The van der Waals surface area contributed by atoms with Gasteiger partial charge in [-0.2, -0.15) is 0 Å². The maximum Gasteiger partial charge on any atom is 0.256 e. The number of benzene rings is 1. The predicted octanol–water partition coefficient (Wildman–Crippen LogP) is 3.88. The van der Waals surface area contributed by atoms with Crippen LogP contribution in [0.25, 0.3) is 10.9 Å². The van der Waals surface area contributed by atoms with Crippen LogP contribution in [-0.2, 0) is 6.54 Å². The number of hydrogen-bond acceptors (Lipinski definition) is 3. The fourth-order valence-corrected chi connectivity index (χ4v) is 3.29. The topological polar surface area (TPSA) is 33.2 Å². The average Bonchev–Trinajstić information content (AvgIpc) is 2.91. The van der Waals surface area contributed by atoms with Gasteiger partial charge >= 0.3 is 0 Å². The lowest BCUT2D eigenvalue weighted by molar-refractivity contribution is 0.0788. The van der Waals surface area contributed by atoms with E-state index in [4.69, 9.17) is 0 Å². The Kier molecular flexibility index (Phi) is 3.71. The second-order valence-electron chi connectivity index (χ2n) is 5.07. The Morgan fingerprint density at radius 3 is 2.81 bits per heavy atom. The molecule has 0 aliphatic rings. The zero-order valence-corrected chi connectivity index (χ0v) is 12.9. The molecular weight excluding hydrogens is 280 g/mol. The van der Waals surface area contributed by atoms with Crippen molar-refractivity contribution in [3.8, 4) is 0 Å². The van der Waals surface area contributed by atoms with E-state index in [9.17, 15) is 4.79 Å². The van der Waals surface area contributed by atoms with Crippen LogP contribution >= 0.6 is 11.3 Å². The molecule has 0 atom stereocenters. The number of amides is 1. The molecule has 3 nitrogen and oxygen atoms in total. The maximum absolute atomic E-state index is 12.7. The number of aryl methyl sites for hydroxylation is 1. The van der Waals surface area contributed by atoms with Gasteiger partial charge in [0.25, 0.3) is 5.91 Å². The van der Waals surface area contributed by atoms with Crippen LogP contribution in [0.3, 0.4) is 0 Å². The molecular formula is C17H16N2OS. The van der Waals surface area contributed by atoms with Gasteiger partial charge in [-0.3, -0.25) is 9.78 Å². The van der Waals surface area contributed by atoms with Gasteiger partial charge in [0.1, 0.15) is 0 Å². The average molecular weight is 296 g/mol. The smallest absolute Gasteiger partial charge is 0.256 e. The normalized spacial score (nSPS) is 10.8. The fourth-order valence-electron chi connectivity index (χ4n) is 2.34. The van der Waals surface area contributed by atoms with E-state index in [-0.39, 0.29) is 5.91 Å². The summed E-state index contributed by atoms with van der Waals surface area (Å²) < 4.78 is 0. The number of carbonyl (C=O) groups excluding carboxylic acids is 1. The molecule has 0 unspecified atom stereocenters. The lowest BCUT2D eigenvalue weighted by Gasteiger charge is -2.17. The molecule has 2 heterocycles. The lowest BCUT2D eigenvalue weighted by atomic mass is 10.1. The zero-order valence-electron chi connectivity index (χ0n) is 12.0. The Balaban J connectivity index is 1.91. The van der Waals surface area contributed by atoms with E-state index >= 15 is 0 Å². The van der Waals surface area contributed by atoms with Crippen molar-refractivity contribution in [1.29, 1.82) is 0 Å². The van der Waals surface area contributed by atoms with Crippen LogP contribution in [0.4, 0.5) is 0 Å². The highest BCUT2D eigenvalue weighted by molar-refractivity contribution is 7.10. The summed E-state index contributed by atoms with van der Waals surface area (Å²) in [4.78, 5) is 20.0. The van der Waals surface area contributed by atoms with E-state index in [1.54, 1.807) is 22.4 Å². The van der Waals surface area contributed by atoms with Crippen molar-refractivity contribution in [3.05, 3.63) is 64.0 Å². The Hall–Kier alpha value is -2.20. The Labute approximate surface area is 127 Å². The molecule has 0 bridgehead atoms. The van der Waals surface area contributed by atoms with Gasteiger partial charge in [-0.1, -0.05) is 18.2 Å². The largest absolute Gasteiger partial charge is 0.336 e. The fraction of sp³-hybridized carbons (Fsp3) is 0.176. The summed E-state index contributed by atoms with van der Waals surface area (Å²) in [6, 6.07) is 11.7. The van der Waals surface area contributed by atoms with Crippen molar-refractivity contribution in [2.24, 2.45) is 0 Å². The van der Waals surface area contributed by atoms with Crippen molar-refractivity contribution in [2.45, 2.75) is 13.5 Å². The molecule has 4 heteroatoms. The number of hydrogen-bond donors (Lipinski definition) is 0. The van der Waals surface area contributed by atoms with Gasteiger partial charge < -0.3 is 4.90 Å². The molecule has 106 valence electrons. The number of fused-ring (bicyclic) bond motifs is 1. The number of pyridine rings is 1. The SMILES string of the molecule is Cc1ccsc1CN(C)C(=O)c1cccc2cccnc12. The number of nitrogens with zero attached hydrogens (tertiary/aromatic N) is 2. The predicted molar refractivity (Wildman–Crippen MR) is 86.6 cm³/mol. The van der Waals surface area contributed by atoms with Crippen molar-refractivity contribution in [2.75, 3.05) is 7.05 Å². The van der Waals surface area contributed by atoms with Crippen LogP contribution < -0.4 is 0 Å². The highest BCUT2D eigenvalue weighted by atomic mass is 32.1. The molecule has 3 aromatic rings. The molecule has 0 saturated carbocycles. The van der Waals surface area contributed by atoms with Gasteiger partial charge in [0.2, 0.25) is 0 Å². The lowest BCUT2D eigenvalue weighted by Crippen LogP contribution is -2.26. The van der Waals surface area contributed by atoms with Crippen LogP contribution in [0, 0.1) is 6.92 Å². The zero-order chi connectivity index (χ0) is 14.8. The summed E-state index contributed by atoms with van der Waals surface area (Å²) in [7, 11) is 1.84. The van der Waals surface area contributed by atoms with Crippen LogP contribution in [0.5, 0.6) is 0 Å². The van der Waals surface area contributed by atoms with Crippen LogP contribution in [0.2, 0.25) is 0 Å². The second-order valence-corrected chi connectivity index (χ2v) is 6.07. The first kappa shape index (κ1) is 13.8. The van der Waals surface area contributed by atoms with Gasteiger partial charge in [-0.15, -0.1) is 11.3 Å². The number of rotatable bonds is 3. The minimum absolute atomic E-state index is 0.00657. The minimum Gasteiger partial charge on any atom is -0.336 e. The molecule has 1 aromatic carbocycles. The second kappa shape index (κ2) is 5.66. The number of aromatic nitrogens is 1. The molecule has 0 spiro atoms. The van der Waals surface area contributed by atoms with E-state index in [2.05, 4.69) is 23.4 Å². The molecule has 1 amide bonds. The maximum atomic E-state index is 12.7. The van der Waals surface area contributed by atoms with Gasteiger partial charge in [0.15, 0.2) is 0 Å². The van der Waals surface area contributed by atoms with E-state index < -0.39 is 0 Å². The summed E-state index contributed by atoms with van der Waals surface area (Å²) in [6.07, 6.45) is 1.72. The standard InChI is InChI=1S/C17H16N2OS/c1-12-8-10-21-15(12)11-19(2)17(20)14-7-3-5-13-6-4-9-18-16(13)14/h3-10H,11H2,1-2H3. The molecule has 0 aliphatic heterocycles. The van der Waals surface area contributed by atoms with E-state index in [1.165, 1.54) is 10.4 Å². The first-order chi connectivity index (χ1) is 10.2. The summed E-state index contributed by atoms with van der Waals surface area (Å²) in [6.45, 7) is 2.70. The summed E-state index contributed by atoms with van der Waals surface area (Å²) in [5, 5.41) is 3.05. The molecule has 0 aliphatic carbocycles. The Bertz CT molecular complexity index is 789. The third kappa shape index (κ3) is 2.67. The van der Waals surface area contributed by atoms with Crippen molar-refractivity contribution in [3.63, 3.8) is 0 Å². The minimum atomic E-state index is 0.00657. The van der Waals surface area contributed by atoms with Gasteiger partial charge in [-0.25, -0.2) is 0 Å². The van der Waals surface area contributed by atoms with Crippen molar-refractivity contribution < 1.29 is 4.79 Å². The number of para-hydroxylation sites is 1. The molecule has 21 heavy (non-hydrogen) atoms. The van der Waals surface area contributed by atoms with Gasteiger partial charge in [0, 0.05) is 23.5 Å². The summed E-state index contributed by atoms with van der Waals surface area (Å²) >= 11 is 1.68. The van der Waals surface area contributed by atoms with Crippen LogP contribution in [0.1, 0.15) is 20.8 Å². The Morgan fingerprint density at radius 2 is 2.05 bits per heavy atom. The number of carbonyl (C=O) groups is 1. The van der Waals surface area contributed by atoms with Crippen molar-refractivity contribution in [1.82, 2.24) is 9.88 Å². The number of thiophene rings is 1. The molecule has 2 aromatic heterocycles. The highest BCUT2D eigenvalue weighted by Gasteiger charge is 2.16. The van der Waals surface area contributed by atoms with E-state index in [1.807, 2.05) is 37.4 Å². The molecule has 0 radical (unpaired) electrons. The summed E-state index contributed by atoms with van der Waals surface area (Å²) in [5.74, 6) is 0.00657. The third-order valence-corrected chi connectivity index (χ3v) is 4.57. The quantitative estimate of drug-likeness (QED) is 0.735. The summed E-state index contributed by atoms with van der Waals surface area (Å²) in [5.41, 5.74) is 2.65. The first-order valence-electron chi connectivity index (χ1n) is 6.79. The molecule has 0 saturated heterocycles.